The molecule has 1 aromatic carbocycles. The second kappa shape index (κ2) is 6.48. The Morgan fingerprint density at radius 3 is 2.71 bits per heavy atom. The number of aliphatic carboxylic acids is 1. The predicted molar refractivity (Wildman–Crippen MR) is 88.6 cm³/mol. The van der Waals surface area contributed by atoms with Gasteiger partial charge in [-0.05, 0) is 18.1 Å². The van der Waals surface area contributed by atoms with E-state index in [2.05, 4.69) is 4.90 Å². The summed E-state index contributed by atoms with van der Waals surface area (Å²) in [5.74, 6) is -0.917. The topological polar surface area (TPSA) is 97.8 Å². The Kier molecular flexibility index (Phi) is 4.39. The van der Waals surface area contributed by atoms with E-state index in [1.54, 1.807) is 12.3 Å². The molecule has 0 bridgehead atoms. The van der Waals surface area contributed by atoms with Crippen molar-refractivity contribution >= 4 is 28.2 Å². The highest BCUT2D eigenvalue weighted by atomic mass is 16.6. The predicted octanol–water partition coefficient (Wildman–Crippen LogP) is 1.94. The third-order valence-corrected chi connectivity index (χ3v) is 4.31. The monoisotopic (exact) mass is 333 g/mol. The van der Waals surface area contributed by atoms with Crippen molar-refractivity contribution in [3.63, 3.8) is 0 Å². The molecule has 1 aliphatic rings. The molecule has 0 saturated carbocycles. The number of nitrogens with zero attached hydrogens (tertiary/aromatic N) is 3. The highest BCUT2D eigenvalue weighted by Gasteiger charge is 2.23. The van der Waals surface area contributed by atoms with E-state index in [4.69, 9.17) is 9.84 Å². The third kappa shape index (κ3) is 3.05. The van der Waals surface area contributed by atoms with Crippen molar-refractivity contribution in [2.45, 2.75) is 12.8 Å². The van der Waals surface area contributed by atoms with Gasteiger partial charge in [0.2, 0.25) is 0 Å². The zero-order valence-electron chi connectivity index (χ0n) is 13.4. The van der Waals surface area contributed by atoms with Crippen LogP contribution in [0.15, 0.2) is 18.3 Å². The molecule has 0 atom stereocenters. The number of rotatable bonds is 5. The number of non-ortho nitro benzene ring substituents is 1. The molecule has 0 radical (unpaired) electrons. The highest BCUT2D eigenvalue weighted by molar-refractivity contribution is 5.95. The van der Waals surface area contributed by atoms with Crippen molar-refractivity contribution < 1.29 is 19.6 Å². The number of aryl methyl sites for hydroxylation is 2. The van der Waals surface area contributed by atoms with Crippen LogP contribution in [0.1, 0.15) is 12.0 Å². The molecule has 0 spiro atoms. The van der Waals surface area contributed by atoms with Gasteiger partial charge in [0, 0.05) is 44.5 Å². The van der Waals surface area contributed by atoms with Crippen LogP contribution in [0.4, 0.5) is 11.4 Å². The lowest BCUT2D eigenvalue weighted by Gasteiger charge is -2.28. The molecule has 128 valence electrons. The lowest BCUT2D eigenvalue weighted by molar-refractivity contribution is -0.383. The number of anilines is 1. The molecule has 1 aromatic heterocycles. The number of carboxylic acids is 1. The largest absolute Gasteiger partial charge is 0.481 e. The molecule has 8 nitrogen and oxygen atoms in total. The van der Waals surface area contributed by atoms with E-state index in [9.17, 15) is 14.9 Å². The van der Waals surface area contributed by atoms with Crippen molar-refractivity contribution in [2.24, 2.45) is 7.05 Å². The van der Waals surface area contributed by atoms with Gasteiger partial charge in [-0.25, -0.2) is 0 Å². The van der Waals surface area contributed by atoms with Gasteiger partial charge in [0.25, 0.3) is 5.69 Å². The van der Waals surface area contributed by atoms with E-state index in [1.165, 1.54) is 0 Å². The van der Waals surface area contributed by atoms with E-state index >= 15 is 0 Å². The SMILES string of the molecule is Cn1cc(CCC(=O)O)c2c([N+](=O)[O-])cc(N3CCOCC3)cc21. The van der Waals surface area contributed by atoms with Gasteiger partial charge < -0.3 is 19.3 Å². The second-order valence-electron chi connectivity index (χ2n) is 5.87. The maximum atomic E-state index is 11.6. The fraction of sp³-hybridized carbons (Fsp3) is 0.438. The van der Waals surface area contributed by atoms with Gasteiger partial charge in [-0.2, -0.15) is 0 Å². The summed E-state index contributed by atoms with van der Waals surface area (Å²) in [5, 5.41) is 21.0. The summed E-state index contributed by atoms with van der Waals surface area (Å²) < 4.78 is 7.16. The molecule has 1 saturated heterocycles. The maximum absolute atomic E-state index is 11.6. The number of aromatic nitrogens is 1. The van der Waals surface area contributed by atoms with Crippen LogP contribution in [-0.2, 0) is 23.0 Å². The molecule has 8 heteroatoms. The van der Waals surface area contributed by atoms with Gasteiger partial charge in [-0.15, -0.1) is 0 Å². The number of nitro groups is 1. The quantitative estimate of drug-likeness (QED) is 0.663. The highest BCUT2D eigenvalue weighted by Crippen LogP contribution is 2.35. The number of fused-ring (bicyclic) bond motifs is 1. The first-order chi connectivity index (χ1) is 11.5. The zero-order chi connectivity index (χ0) is 17.3. The molecule has 1 aliphatic heterocycles. The summed E-state index contributed by atoms with van der Waals surface area (Å²) in [6, 6.07) is 3.51. The van der Waals surface area contributed by atoms with Crippen LogP contribution in [0.25, 0.3) is 10.9 Å². The summed E-state index contributed by atoms with van der Waals surface area (Å²) in [6.45, 7) is 2.59. The van der Waals surface area contributed by atoms with Crippen molar-refractivity contribution in [3.8, 4) is 0 Å². The molecule has 0 aliphatic carbocycles. The summed E-state index contributed by atoms with van der Waals surface area (Å²) in [4.78, 5) is 24.1. The van der Waals surface area contributed by atoms with Crippen molar-refractivity contribution in [1.82, 2.24) is 4.57 Å². The van der Waals surface area contributed by atoms with Gasteiger partial charge in [0.1, 0.15) is 0 Å². The first kappa shape index (κ1) is 16.3. The van der Waals surface area contributed by atoms with Crippen molar-refractivity contribution in [2.75, 3.05) is 31.2 Å². The first-order valence-corrected chi connectivity index (χ1v) is 7.78. The molecule has 3 rings (SSSR count). The minimum Gasteiger partial charge on any atom is -0.481 e. The number of hydrogen-bond donors (Lipinski definition) is 1. The molecular formula is C16H19N3O5. The number of nitro benzene ring substituents is 1. The van der Waals surface area contributed by atoms with Crippen LogP contribution in [0, 0.1) is 10.1 Å². The van der Waals surface area contributed by atoms with E-state index in [0.717, 1.165) is 11.2 Å². The van der Waals surface area contributed by atoms with Crippen molar-refractivity contribution in [3.05, 3.63) is 34.0 Å². The van der Waals surface area contributed by atoms with Crippen LogP contribution < -0.4 is 4.90 Å². The number of carboxylic acid groups (broad SMARTS) is 1. The van der Waals surface area contributed by atoms with Crippen LogP contribution in [-0.4, -0.2) is 46.9 Å². The minimum absolute atomic E-state index is 0.0231. The molecule has 24 heavy (non-hydrogen) atoms. The van der Waals surface area contributed by atoms with Crippen LogP contribution in [0.5, 0.6) is 0 Å². The van der Waals surface area contributed by atoms with Crippen LogP contribution >= 0.6 is 0 Å². The van der Waals surface area contributed by atoms with Crippen LogP contribution in [0.2, 0.25) is 0 Å². The van der Waals surface area contributed by atoms with Crippen molar-refractivity contribution in [1.29, 1.82) is 0 Å². The Morgan fingerprint density at radius 1 is 1.38 bits per heavy atom. The van der Waals surface area contributed by atoms with Gasteiger partial charge in [0.15, 0.2) is 0 Å². The second-order valence-corrected chi connectivity index (χ2v) is 5.87. The number of morpholine rings is 1. The number of carbonyl (C=O) groups is 1. The molecule has 1 fully saturated rings. The van der Waals surface area contributed by atoms with E-state index in [-0.39, 0.29) is 18.5 Å². The number of ether oxygens (including phenoxy) is 1. The van der Waals surface area contributed by atoms with E-state index in [1.807, 2.05) is 17.7 Å². The first-order valence-electron chi connectivity index (χ1n) is 7.78. The lowest BCUT2D eigenvalue weighted by Crippen LogP contribution is -2.36. The van der Waals surface area contributed by atoms with E-state index < -0.39 is 10.9 Å². The molecule has 2 aromatic rings. The fourth-order valence-corrected chi connectivity index (χ4v) is 3.15. The smallest absolute Gasteiger partial charge is 0.303 e. The van der Waals surface area contributed by atoms with Crippen LogP contribution in [0.3, 0.4) is 0 Å². The summed E-state index contributed by atoms with van der Waals surface area (Å²) >= 11 is 0. The Morgan fingerprint density at radius 2 is 2.08 bits per heavy atom. The maximum Gasteiger partial charge on any atom is 0.303 e. The lowest BCUT2D eigenvalue weighted by atomic mass is 10.1. The van der Waals surface area contributed by atoms with Gasteiger partial charge in [-0.3, -0.25) is 14.9 Å². The number of hydrogen-bond acceptors (Lipinski definition) is 5. The Balaban J connectivity index is 2.10. The molecule has 2 heterocycles. The summed E-state index contributed by atoms with van der Waals surface area (Å²) in [5.41, 5.74) is 2.25. The minimum atomic E-state index is -0.917. The molecular weight excluding hydrogens is 314 g/mol. The normalized spacial score (nSPS) is 15.0. The van der Waals surface area contributed by atoms with Gasteiger partial charge in [0.05, 0.1) is 29.0 Å². The number of benzene rings is 1. The van der Waals surface area contributed by atoms with Gasteiger partial charge >= 0.3 is 5.97 Å². The fourth-order valence-electron chi connectivity index (χ4n) is 3.15. The zero-order valence-corrected chi connectivity index (χ0v) is 13.4. The third-order valence-electron chi connectivity index (χ3n) is 4.31. The Hall–Kier alpha value is -2.61. The molecule has 1 N–H and O–H groups in total. The Bertz CT molecular complexity index is 793. The summed E-state index contributed by atoms with van der Waals surface area (Å²) in [6.07, 6.45) is 2.00. The Labute approximate surface area is 138 Å². The summed E-state index contributed by atoms with van der Waals surface area (Å²) in [7, 11) is 1.82. The van der Waals surface area contributed by atoms with Gasteiger partial charge in [-0.1, -0.05) is 0 Å². The molecule has 0 unspecified atom stereocenters. The average molecular weight is 333 g/mol. The average Bonchev–Trinajstić information content (AvgIpc) is 2.89. The standard InChI is InChI=1S/C16H19N3O5/c1-17-10-11(2-3-15(20)21)16-13(17)8-12(9-14(16)19(22)23)18-4-6-24-7-5-18/h8-10H,2-7H2,1H3,(H,20,21). The van der Waals surface area contributed by atoms with E-state index in [0.29, 0.717) is 37.3 Å². The molecule has 0 amide bonds.